The van der Waals surface area contributed by atoms with Gasteiger partial charge in [0.2, 0.25) is 0 Å². The third-order valence-electron chi connectivity index (χ3n) is 2.63. The van der Waals surface area contributed by atoms with E-state index in [9.17, 15) is 4.39 Å². The molecule has 0 aliphatic carbocycles. The fraction of sp³-hybridized carbons (Fsp3) is 0.143. The zero-order chi connectivity index (χ0) is 13.1. The van der Waals surface area contributed by atoms with Crippen LogP contribution in [-0.4, -0.2) is 0 Å². The first-order valence-corrected chi connectivity index (χ1v) is 6.68. The van der Waals surface area contributed by atoms with Crippen molar-refractivity contribution in [1.82, 2.24) is 0 Å². The Morgan fingerprint density at radius 2 is 2.06 bits per heavy atom. The molecule has 1 nitrogen and oxygen atoms in total. The molecule has 18 heavy (non-hydrogen) atoms. The number of halogens is 3. The van der Waals surface area contributed by atoms with E-state index in [0.717, 1.165) is 15.7 Å². The van der Waals surface area contributed by atoms with Gasteiger partial charge in [-0.15, -0.1) is 0 Å². The van der Waals surface area contributed by atoms with E-state index in [1.807, 2.05) is 25.1 Å². The van der Waals surface area contributed by atoms with Crippen molar-refractivity contribution in [3.63, 3.8) is 0 Å². The van der Waals surface area contributed by atoms with Gasteiger partial charge in [-0.3, -0.25) is 0 Å². The molecule has 94 valence electrons. The Morgan fingerprint density at radius 1 is 1.28 bits per heavy atom. The van der Waals surface area contributed by atoms with E-state index in [1.165, 1.54) is 11.6 Å². The average molecular weight is 329 g/mol. The normalized spacial score (nSPS) is 10.4. The topological polar surface area (TPSA) is 12.0 Å². The summed E-state index contributed by atoms with van der Waals surface area (Å²) < 4.78 is 14.2. The minimum absolute atomic E-state index is 0.174. The Kier molecular flexibility index (Phi) is 4.25. The molecule has 2 rings (SSSR count). The van der Waals surface area contributed by atoms with Gasteiger partial charge in [0.25, 0.3) is 0 Å². The molecule has 0 radical (unpaired) electrons. The Morgan fingerprint density at radius 3 is 2.78 bits per heavy atom. The maximum absolute atomic E-state index is 13.3. The Balaban J connectivity index is 2.14. The summed E-state index contributed by atoms with van der Waals surface area (Å²) in [5, 5.41) is 3.40. The molecule has 2 aromatic rings. The van der Waals surface area contributed by atoms with Crippen molar-refractivity contribution in [2.24, 2.45) is 0 Å². The summed E-state index contributed by atoms with van der Waals surface area (Å²) >= 11 is 9.38. The van der Waals surface area contributed by atoms with Gasteiger partial charge in [-0.2, -0.15) is 0 Å². The summed E-state index contributed by atoms with van der Waals surface area (Å²) in [7, 11) is 0. The third-order valence-corrected chi connectivity index (χ3v) is 3.70. The molecule has 0 fully saturated rings. The fourth-order valence-electron chi connectivity index (χ4n) is 1.64. The number of aryl methyl sites for hydroxylation is 1. The number of benzene rings is 2. The molecule has 2 aromatic carbocycles. The average Bonchev–Trinajstić information content (AvgIpc) is 2.33. The fourth-order valence-corrected chi connectivity index (χ4v) is 2.47. The predicted molar refractivity (Wildman–Crippen MR) is 77.6 cm³/mol. The molecule has 0 saturated heterocycles. The van der Waals surface area contributed by atoms with Crippen LogP contribution in [0.5, 0.6) is 0 Å². The van der Waals surface area contributed by atoms with Crippen LogP contribution in [0.1, 0.15) is 11.1 Å². The number of hydrogen-bond donors (Lipinski definition) is 1. The molecule has 4 heteroatoms. The molecule has 0 unspecified atom stereocenters. The third kappa shape index (κ3) is 3.03. The highest BCUT2D eigenvalue weighted by atomic mass is 79.9. The molecular weight excluding hydrogens is 317 g/mol. The summed E-state index contributed by atoms with van der Waals surface area (Å²) in [4.78, 5) is 0. The quantitative estimate of drug-likeness (QED) is 0.820. The van der Waals surface area contributed by atoms with Gasteiger partial charge in [-0.25, -0.2) is 4.39 Å². The van der Waals surface area contributed by atoms with Gasteiger partial charge in [-0.1, -0.05) is 29.8 Å². The Bertz CT molecular complexity index is 572. The van der Waals surface area contributed by atoms with Crippen LogP contribution in [0.3, 0.4) is 0 Å². The molecule has 0 aliphatic rings. The molecule has 0 aliphatic heterocycles. The molecule has 0 bridgehead atoms. The molecule has 1 N–H and O–H groups in total. The Hall–Kier alpha value is -1.06. The van der Waals surface area contributed by atoms with E-state index in [-0.39, 0.29) is 10.8 Å². The van der Waals surface area contributed by atoms with Crippen LogP contribution in [0.4, 0.5) is 10.1 Å². The first-order valence-electron chi connectivity index (χ1n) is 5.51. The maximum Gasteiger partial charge on any atom is 0.142 e. The van der Waals surface area contributed by atoms with Crippen molar-refractivity contribution in [1.29, 1.82) is 0 Å². The number of nitrogens with one attached hydrogen (secondary N) is 1. The minimum Gasteiger partial charge on any atom is -0.380 e. The van der Waals surface area contributed by atoms with Crippen molar-refractivity contribution >= 4 is 33.2 Å². The van der Waals surface area contributed by atoms with Crippen LogP contribution in [-0.2, 0) is 6.54 Å². The van der Waals surface area contributed by atoms with E-state index < -0.39 is 0 Å². The molecule has 0 saturated carbocycles. The second kappa shape index (κ2) is 5.72. The lowest BCUT2D eigenvalue weighted by Gasteiger charge is -2.10. The minimum atomic E-state index is -0.390. The number of hydrogen-bond acceptors (Lipinski definition) is 1. The maximum atomic E-state index is 13.3. The van der Waals surface area contributed by atoms with E-state index in [0.29, 0.717) is 6.54 Å². The SMILES string of the molecule is Cc1ccc(NCc2cccc(F)c2Cl)c(Br)c1. The largest absolute Gasteiger partial charge is 0.380 e. The highest BCUT2D eigenvalue weighted by Gasteiger charge is 2.06. The Labute approximate surface area is 119 Å². The first kappa shape index (κ1) is 13.4. The van der Waals surface area contributed by atoms with E-state index in [1.54, 1.807) is 12.1 Å². The van der Waals surface area contributed by atoms with E-state index >= 15 is 0 Å². The first-order chi connectivity index (χ1) is 8.58. The van der Waals surface area contributed by atoms with E-state index in [4.69, 9.17) is 11.6 Å². The standard InChI is InChI=1S/C14H12BrClFN/c1-9-5-6-13(11(15)7-9)18-8-10-3-2-4-12(17)14(10)16/h2-7,18H,8H2,1H3. The van der Waals surface area contributed by atoms with Crippen LogP contribution < -0.4 is 5.32 Å². The van der Waals surface area contributed by atoms with Gasteiger partial charge in [0.05, 0.1) is 5.02 Å². The van der Waals surface area contributed by atoms with Gasteiger partial charge >= 0.3 is 0 Å². The van der Waals surface area contributed by atoms with Gasteiger partial charge in [-0.05, 0) is 52.2 Å². The van der Waals surface area contributed by atoms with Crippen molar-refractivity contribution in [3.8, 4) is 0 Å². The second-order valence-electron chi connectivity index (χ2n) is 4.05. The monoisotopic (exact) mass is 327 g/mol. The van der Waals surface area contributed by atoms with Crippen molar-refractivity contribution in [2.45, 2.75) is 13.5 Å². The van der Waals surface area contributed by atoms with Crippen LogP contribution in [0, 0.1) is 12.7 Å². The molecule has 0 heterocycles. The zero-order valence-electron chi connectivity index (χ0n) is 9.81. The molecule has 0 amide bonds. The summed E-state index contributed by atoms with van der Waals surface area (Å²) in [6.07, 6.45) is 0. The molecular formula is C14H12BrClFN. The lowest BCUT2D eigenvalue weighted by molar-refractivity contribution is 0.626. The zero-order valence-corrected chi connectivity index (χ0v) is 12.1. The van der Waals surface area contributed by atoms with Crippen LogP contribution in [0.15, 0.2) is 40.9 Å². The summed E-state index contributed by atoms with van der Waals surface area (Å²) in [6, 6.07) is 10.8. The second-order valence-corrected chi connectivity index (χ2v) is 5.28. The molecule has 0 spiro atoms. The van der Waals surface area contributed by atoms with Gasteiger partial charge < -0.3 is 5.32 Å². The summed E-state index contributed by atoms with van der Waals surface area (Å²) in [5.41, 5.74) is 2.88. The van der Waals surface area contributed by atoms with Gasteiger partial charge in [0, 0.05) is 16.7 Å². The van der Waals surface area contributed by atoms with Gasteiger partial charge in [0.15, 0.2) is 0 Å². The van der Waals surface area contributed by atoms with Crippen molar-refractivity contribution in [3.05, 3.63) is 62.8 Å². The van der Waals surface area contributed by atoms with Crippen molar-refractivity contribution in [2.75, 3.05) is 5.32 Å². The predicted octanol–water partition coefficient (Wildman–Crippen LogP) is 5.16. The highest BCUT2D eigenvalue weighted by molar-refractivity contribution is 9.10. The number of anilines is 1. The van der Waals surface area contributed by atoms with Crippen LogP contribution in [0.25, 0.3) is 0 Å². The number of rotatable bonds is 3. The molecule has 0 atom stereocenters. The van der Waals surface area contributed by atoms with Gasteiger partial charge in [0.1, 0.15) is 5.82 Å². The van der Waals surface area contributed by atoms with Crippen LogP contribution >= 0.6 is 27.5 Å². The smallest absolute Gasteiger partial charge is 0.142 e. The summed E-state index contributed by atoms with van der Waals surface area (Å²) in [6.45, 7) is 2.51. The van der Waals surface area contributed by atoms with E-state index in [2.05, 4.69) is 21.2 Å². The summed E-state index contributed by atoms with van der Waals surface area (Å²) in [5.74, 6) is -0.390. The highest BCUT2D eigenvalue weighted by Crippen LogP contribution is 2.25. The van der Waals surface area contributed by atoms with Crippen LogP contribution in [0.2, 0.25) is 5.02 Å². The lowest BCUT2D eigenvalue weighted by atomic mass is 10.2. The molecule has 0 aromatic heterocycles. The van der Waals surface area contributed by atoms with Crippen molar-refractivity contribution < 1.29 is 4.39 Å². The lowest BCUT2D eigenvalue weighted by Crippen LogP contribution is -2.01.